The van der Waals surface area contributed by atoms with Gasteiger partial charge in [-0.3, -0.25) is 0 Å². The second-order valence-corrected chi connectivity index (χ2v) is 4.10. The molecule has 0 saturated carbocycles. The number of unbranched alkanes of at least 4 members (excludes halogenated alkanes) is 1. The van der Waals surface area contributed by atoms with Gasteiger partial charge in [0.1, 0.15) is 0 Å². The number of alkyl halides is 1. The van der Waals surface area contributed by atoms with E-state index in [-0.39, 0.29) is 0 Å². The summed E-state index contributed by atoms with van der Waals surface area (Å²) in [7, 11) is 0. The minimum absolute atomic E-state index is 1.09. The summed E-state index contributed by atoms with van der Waals surface area (Å²) < 4.78 is 0. The molecular weight excluding hydrogens is 238 g/mol. The van der Waals surface area contributed by atoms with Crippen molar-refractivity contribution in [2.45, 2.75) is 19.8 Å². The summed E-state index contributed by atoms with van der Waals surface area (Å²) in [6, 6.07) is 10.6. The van der Waals surface area contributed by atoms with Crippen molar-refractivity contribution in [2.24, 2.45) is 0 Å². The van der Waals surface area contributed by atoms with Crippen LogP contribution in [-0.4, -0.2) is 18.4 Å². The van der Waals surface area contributed by atoms with Gasteiger partial charge in [-0.05, 0) is 31.9 Å². The first kappa shape index (κ1) is 11.6. The maximum absolute atomic E-state index is 3.46. The van der Waals surface area contributed by atoms with Gasteiger partial charge >= 0.3 is 0 Å². The van der Waals surface area contributed by atoms with Crippen LogP contribution in [0.2, 0.25) is 0 Å². The van der Waals surface area contributed by atoms with Crippen LogP contribution in [0.1, 0.15) is 19.8 Å². The molecule has 0 aliphatic heterocycles. The van der Waals surface area contributed by atoms with Gasteiger partial charge in [0.2, 0.25) is 0 Å². The number of nitrogens with zero attached hydrogens (tertiary/aromatic N) is 1. The van der Waals surface area contributed by atoms with E-state index in [9.17, 15) is 0 Å². The quantitative estimate of drug-likeness (QED) is 0.554. The summed E-state index contributed by atoms with van der Waals surface area (Å²) in [5.74, 6) is 0. The van der Waals surface area contributed by atoms with Gasteiger partial charge in [-0.25, -0.2) is 0 Å². The zero-order valence-corrected chi connectivity index (χ0v) is 10.3. The summed E-state index contributed by atoms with van der Waals surface area (Å²) in [5.41, 5.74) is 1.34. The first-order valence-corrected chi connectivity index (χ1v) is 6.36. The van der Waals surface area contributed by atoms with Crippen LogP contribution in [0, 0.1) is 0 Å². The van der Waals surface area contributed by atoms with Gasteiger partial charge in [-0.2, -0.15) is 0 Å². The molecule has 0 aliphatic rings. The van der Waals surface area contributed by atoms with Crippen LogP contribution in [0.4, 0.5) is 5.69 Å². The molecule has 1 aromatic carbocycles. The Morgan fingerprint density at radius 2 is 1.86 bits per heavy atom. The van der Waals surface area contributed by atoms with E-state index in [1.165, 1.54) is 18.5 Å². The molecule has 1 nitrogen and oxygen atoms in total. The van der Waals surface area contributed by atoms with Gasteiger partial charge in [0.15, 0.2) is 0 Å². The highest BCUT2D eigenvalue weighted by molar-refractivity contribution is 9.09. The van der Waals surface area contributed by atoms with Gasteiger partial charge in [0, 0.05) is 24.1 Å². The van der Waals surface area contributed by atoms with Gasteiger partial charge < -0.3 is 4.90 Å². The summed E-state index contributed by atoms with van der Waals surface area (Å²) in [4.78, 5) is 2.42. The molecule has 0 spiro atoms. The van der Waals surface area contributed by atoms with Crippen LogP contribution in [0.15, 0.2) is 30.3 Å². The van der Waals surface area contributed by atoms with Gasteiger partial charge in [0.25, 0.3) is 0 Å². The topological polar surface area (TPSA) is 3.24 Å². The third kappa shape index (κ3) is 3.70. The lowest BCUT2D eigenvalue weighted by Crippen LogP contribution is -2.23. The second kappa shape index (κ2) is 6.88. The molecule has 1 rings (SSSR count). The zero-order chi connectivity index (χ0) is 10.2. The lowest BCUT2D eigenvalue weighted by molar-refractivity contribution is 0.738. The average Bonchev–Trinajstić information content (AvgIpc) is 2.26. The number of para-hydroxylation sites is 1. The normalized spacial score (nSPS) is 10.1. The Balaban J connectivity index is 2.46. The number of anilines is 1. The van der Waals surface area contributed by atoms with E-state index >= 15 is 0 Å². The number of hydrogen-bond acceptors (Lipinski definition) is 1. The largest absolute Gasteiger partial charge is 0.372 e. The first-order valence-electron chi connectivity index (χ1n) is 5.24. The van der Waals surface area contributed by atoms with Gasteiger partial charge in [-0.15, -0.1) is 0 Å². The van der Waals surface area contributed by atoms with E-state index in [2.05, 4.69) is 58.1 Å². The molecule has 0 aromatic heterocycles. The summed E-state index contributed by atoms with van der Waals surface area (Å²) >= 11 is 3.46. The van der Waals surface area contributed by atoms with Gasteiger partial charge in [-0.1, -0.05) is 34.1 Å². The predicted octanol–water partition coefficient (Wildman–Crippen LogP) is 3.69. The molecular formula is C12H18BrN. The first-order chi connectivity index (χ1) is 6.88. The standard InChI is InChI=1S/C12H18BrN/c1-2-14(11-7-6-10-13)12-8-4-3-5-9-12/h3-5,8-9H,2,6-7,10-11H2,1H3. The molecule has 0 heterocycles. The van der Waals surface area contributed by atoms with Crippen LogP contribution in [0.3, 0.4) is 0 Å². The third-order valence-electron chi connectivity index (χ3n) is 2.31. The fraction of sp³-hybridized carbons (Fsp3) is 0.500. The van der Waals surface area contributed by atoms with E-state index < -0.39 is 0 Å². The van der Waals surface area contributed by atoms with Crippen LogP contribution in [0.25, 0.3) is 0 Å². The number of halogens is 1. The highest BCUT2D eigenvalue weighted by Gasteiger charge is 2.01. The molecule has 0 aliphatic carbocycles. The minimum atomic E-state index is 1.09. The molecule has 0 radical (unpaired) electrons. The number of hydrogen-bond donors (Lipinski definition) is 0. The molecule has 0 bridgehead atoms. The molecule has 78 valence electrons. The Hall–Kier alpha value is -0.500. The SMILES string of the molecule is CCN(CCCCBr)c1ccccc1. The minimum Gasteiger partial charge on any atom is -0.372 e. The fourth-order valence-electron chi connectivity index (χ4n) is 1.51. The fourth-order valence-corrected chi connectivity index (χ4v) is 1.90. The van der Waals surface area contributed by atoms with E-state index in [1.54, 1.807) is 0 Å². The van der Waals surface area contributed by atoms with Gasteiger partial charge in [0.05, 0.1) is 0 Å². The van der Waals surface area contributed by atoms with Crippen molar-refractivity contribution < 1.29 is 0 Å². The van der Waals surface area contributed by atoms with Crippen molar-refractivity contribution in [3.63, 3.8) is 0 Å². The lowest BCUT2D eigenvalue weighted by Gasteiger charge is -2.22. The molecule has 14 heavy (non-hydrogen) atoms. The molecule has 0 saturated heterocycles. The van der Waals surface area contributed by atoms with E-state index in [0.717, 1.165) is 18.4 Å². The summed E-state index contributed by atoms with van der Waals surface area (Å²) in [6.45, 7) is 4.46. The number of benzene rings is 1. The Morgan fingerprint density at radius 3 is 2.43 bits per heavy atom. The zero-order valence-electron chi connectivity index (χ0n) is 8.75. The molecule has 0 unspecified atom stereocenters. The van der Waals surface area contributed by atoms with Crippen molar-refractivity contribution >= 4 is 21.6 Å². The third-order valence-corrected chi connectivity index (χ3v) is 2.88. The Morgan fingerprint density at radius 1 is 1.14 bits per heavy atom. The maximum atomic E-state index is 3.46. The van der Waals surface area contributed by atoms with Crippen molar-refractivity contribution in [3.8, 4) is 0 Å². The molecule has 0 fully saturated rings. The van der Waals surface area contributed by atoms with Crippen LogP contribution < -0.4 is 4.90 Å². The smallest absolute Gasteiger partial charge is 0.0366 e. The second-order valence-electron chi connectivity index (χ2n) is 3.31. The highest BCUT2D eigenvalue weighted by Crippen LogP contribution is 2.13. The predicted molar refractivity (Wildman–Crippen MR) is 67.4 cm³/mol. The molecule has 2 heteroatoms. The summed E-state index contributed by atoms with van der Waals surface area (Å²) in [5, 5.41) is 1.11. The van der Waals surface area contributed by atoms with E-state index in [4.69, 9.17) is 0 Å². The Labute approximate surface area is 95.2 Å². The van der Waals surface area contributed by atoms with E-state index in [0.29, 0.717) is 0 Å². The summed E-state index contributed by atoms with van der Waals surface area (Å²) in [6.07, 6.45) is 2.51. The van der Waals surface area contributed by atoms with E-state index in [1.807, 2.05) is 0 Å². The maximum Gasteiger partial charge on any atom is 0.0366 e. The van der Waals surface area contributed by atoms with Crippen molar-refractivity contribution in [1.82, 2.24) is 0 Å². The van der Waals surface area contributed by atoms with Crippen LogP contribution >= 0.6 is 15.9 Å². The molecule has 0 N–H and O–H groups in total. The van der Waals surface area contributed by atoms with Crippen molar-refractivity contribution in [3.05, 3.63) is 30.3 Å². The van der Waals surface area contributed by atoms with Crippen LogP contribution in [0.5, 0.6) is 0 Å². The monoisotopic (exact) mass is 255 g/mol. The average molecular weight is 256 g/mol. The highest BCUT2D eigenvalue weighted by atomic mass is 79.9. The Kier molecular flexibility index (Phi) is 5.69. The van der Waals surface area contributed by atoms with Crippen molar-refractivity contribution in [2.75, 3.05) is 23.3 Å². The molecule has 0 amide bonds. The van der Waals surface area contributed by atoms with Crippen LogP contribution in [-0.2, 0) is 0 Å². The number of rotatable bonds is 6. The Bertz CT molecular complexity index is 235. The lowest BCUT2D eigenvalue weighted by atomic mass is 10.2. The molecule has 0 atom stereocenters. The van der Waals surface area contributed by atoms with Crippen molar-refractivity contribution in [1.29, 1.82) is 0 Å². The molecule has 1 aromatic rings.